The molecule has 0 radical (unpaired) electrons. The van der Waals surface area contributed by atoms with Gasteiger partial charge < -0.3 is 4.74 Å². The maximum absolute atomic E-state index is 11.0. The average molecular weight is 267 g/mol. The summed E-state index contributed by atoms with van der Waals surface area (Å²) in [5.74, 6) is -0.224. The average Bonchev–Trinajstić information content (AvgIpc) is 2.37. The number of carbonyl (C=O) groups is 1. The van der Waals surface area contributed by atoms with Crippen LogP contribution >= 0.6 is 11.6 Å². The number of cyclic esters (lactones) is 1. The van der Waals surface area contributed by atoms with Crippen LogP contribution < -0.4 is 0 Å². The van der Waals surface area contributed by atoms with Crippen molar-refractivity contribution in [3.8, 4) is 0 Å². The van der Waals surface area contributed by atoms with Gasteiger partial charge in [-0.15, -0.1) is 0 Å². The summed E-state index contributed by atoms with van der Waals surface area (Å²) in [4.78, 5) is 11.0. The fourth-order valence-electron chi connectivity index (χ4n) is 1.58. The minimum Gasteiger partial charge on any atom is -0.459 e. The predicted molar refractivity (Wildman–Crippen MR) is 75.4 cm³/mol. The third-order valence-corrected chi connectivity index (χ3v) is 2.97. The molecular weight excluding hydrogens is 248 g/mol. The van der Waals surface area contributed by atoms with Crippen LogP contribution in [0.25, 0.3) is 0 Å². The number of allylic oxidation sites excluding steroid dienone is 5. The van der Waals surface area contributed by atoms with Crippen LogP contribution in [-0.4, -0.2) is 12.1 Å². The van der Waals surface area contributed by atoms with Crippen molar-refractivity contribution in [2.24, 2.45) is 0 Å². The molecule has 0 bridgehead atoms. The van der Waals surface area contributed by atoms with Gasteiger partial charge in [0.2, 0.25) is 0 Å². The first kappa shape index (κ1) is 14.8. The Kier molecular flexibility index (Phi) is 7.19. The van der Waals surface area contributed by atoms with E-state index in [1.807, 2.05) is 25.2 Å². The van der Waals surface area contributed by atoms with Gasteiger partial charge in [0.1, 0.15) is 6.10 Å². The topological polar surface area (TPSA) is 26.3 Å². The number of halogens is 1. The van der Waals surface area contributed by atoms with Gasteiger partial charge in [-0.25, -0.2) is 4.79 Å². The minimum absolute atomic E-state index is 0.0394. The monoisotopic (exact) mass is 266 g/mol. The molecule has 0 aromatic carbocycles. The van der Waals surface area contributed by atoms with Gasteiger partial charge in [0, 0.05) is 18.0 Å². The molecule has 0 fully saturated rings. The van der Waals surface area contributed by atoms with Crippen LogP contribution in [0.1, 0.15) is 32.6 Å². The fraction of sp³-hybridized carbons (Fsp3) is 0.400. The van der Waals surface area contributed by atoms with E-state index in [0.717, 1.165) is 31.3 Å². The van der Waals surface area contributed by atoms with Crippen LogP contribution in [0.4, 0.5) is 0 Å². The Morgan fingerprint density at radius 1 is 1.50 bits per heavy atom. The molecule has 0 amide bonds. The first-order valence-corrected chi connectivity index (χ1v) is 6.60. The van der Waals surface area contributed by atoms with Crippen LogP contribution in [0.15, 0.2) is 47.6 Å². The molecule has 1 heterocycles. The third kappa shape index (κ3) is 6.45. The van der Waals surface area contributed by atoms with E-state index < -0.39 is 0 Å². The highest BCUT2D eigenvalue weighted by Gasteiger charge is 2.14. The number of carbonyl (C=O) groups excluding carboxylic acids is 1. The number of rotatable bonds is 6. The number of hydrogen-bond donors (Lipinski definition) is 0. The number of ether oxygens (including phenoxy) is 1. The number of esters is 1. The maximum atomic E-state index is 11.0. The summed E-state index contributed by atoms with van der Waals surface area (Å²) in [6, 6.07) is 0. The standard InChI is InChI=1S/C15H19ClO2/c1-13(12-16)8-5-3-2-4-6-9-14-10-7-11-15(17)18-14/h2-5,7,11-12,14H,6,8-10H2,1H3/b4-2+,5-3+,13-12+/t14-/m0/s1. The lowest BCUT2D eigenvalue weighted by molar-refractivity contribution is -0.144. The third-order valence-electron chi connectivity index (χ3n) is 2.60. The second-order valence-electron chi connectivity index (χ2n) is 4.29. The molecule has 1 aliphatic rings. The summed E-state index contributed by atoms with van der Waals surface area (Å²) in [6.45, 7) is 1.99. The Labute approximate surface area is 114 Å². The van der Waals surface area contributed by atoms with Crippen molar-refractivity contribution in [1.82, 2.24) is 0 Å². The molecule has 0 saturated heterocycles. The molecule has 0 unspecified atom stereocenters. The largest absolute Gasteiger partial charge is 0.459 e. The lowest BCUT2D eigenvalue weighted by Crippen LogP contribution is -2.19. The first-order chi connectivity index (χ1) is 8.72. The van der Waals surface area contributed by atoms with Gasteiger partial charge in [0.25, 0.3) is 0 Å². The summed E-state index contributed by atoms with van der Waals surface area (Å²) in [6.07, 6.45) is 15.1. The lowest BCUT2D eigenvalue weighted by atomic mass is 10.1. The zero-order valence-electron chi connectivity index (χ0n) is 10.6. The zero-order valence-corrected chi connectivity index (χ0v) is 11.4. The van der Waals surface area contributed by atoms with Gasteiger partial charge in [0.05, 0.1) is 0 Å². The van der Waals surface area contributed by atoms with E-state index >= 15 is 0 Å². The van der Waals surface area contributed by atoms with E-state index in [0.29, 0.717) is 0 Å². The summed E-state index contributed by atoms with van der Waals surface area (Å²) < 4.78 is 5.16. The van der Waals surface area contributed by atoms with Gasteiger partial charge in [-0.2, -0.15) is 0 Å². The fourth-order valence-corrected chi connectivity index (χ4v) is 1.67. The van der Waals surface area contributed by atoms with E-state index in [1.165, 1.54) is 6.08 Å². The molecule has 0 spiro atoms. The maximum Gasteiger partial charge on any atom is 0.330 e. The van der Waals surface area contributed by atoms with E-state index in [9.17, 15) is 4.79 Å². The molecule has 0 N–H and O–H groups in total. The summed E-state index contributed by atoms with van der Waals surface area (Å²) in [7, 11) is 0. The summed E-state index contributed by atoms with van der Waals surface area (Å²) >= 11 is 5.55. The molecule has 1 atom stereocenters. The van der Waals surface area contributed by atoms with Crippen molar-refractivity contribution < 1.29 is 9.53 Å². The van der Waals surface area contributed by atoms with Crippen molar-refractivity contribution in [3.63, 3.8) is 0 Å². The van der Waals surface area contributed by atoms with Crippen LogP contribution in [0, 0.1) is 0 Å². The second kappa shape index (κ2) is 8.76. The lowest BCUT2D eigenvalue weighted by Gasteiger charge is -2.17. The molecule has 0 aliphatic carbocycles. The molecular formula is C15H19ClO2. The van der Waals surface area contributed by atoms with Crippen LogP contribution in [0.3, 0.4) is 0 Å². The summed E-state index contributed by atoms with van der Waals surface area (Å²) in [5.41, 5.74) is 2.74. The molecule has 3 heteroatoms. The van der Waals surface area contributed by atoms with Gasteiger partial charge in [-0.1, -0.05) is 47.6 Å². The van der Waals surface area contributed by atoms with Crippen molar-refractivity contribution >= 4 is 17.6 Å². The molecule has 1 rings (SSSR count). The van der Waals surface area contributed by atoms with E-state index in [4.69, 9.17) is 16.3 Å². The van der Waals surface area contributed by atoms with E-state index in [2.05, 4.69) is 12.2 Å². The molecule has 2 nitrogen and oxygen atoms in total. The zero-order chi connectivity index (χ0) is 13.2. The predicted octanol–water partition coefficient (Wildman–Crippen LogP) is 4.28. The smallest absolute Gasteiger partial charge is 0.330 e. The van der Waals surface area contributed by atoms with Crippen LogP contribution in [-0.2, 0) is 9.53 Å². The highest BCUT2D eigenvalue weighted by atomic mass is 35.5. The Morgan fingerprint density at radius 2 is 2.28 bits per heavy atom. The van der Waals surface area contributed by atoms with Gasteiger partial charge in [-0.3, -0.25) is 0 Å². The van der Waals surface area contributed by atoms with E-state index in [1.54, 1.807) is 5.54 Å². The van der Waals surface area contributed by atoms with Crippen molar-refractivity contribution in [3.05, 3.63) is 47.6 Å². The Morgan fingerprint density at radius 3 is 3.00 bits per heavy atom. The Hall–Kier alpha value is -1.28. The van der Waals surface area contributed by atoms with Crippen LogP contribution in [0.5, 0.6) is 0 Å². The molecule has 0 saturated carbocycles. The van der Waals surface area contributed by atoms with Gasteiger partial charge in [-0.05, 0) is 26.2 Å². The van der Waals surface area contributed by atoms with Crippen molar-refractivity contribution in [1.29, 1.82) is 0 Å². The van der Waals surface area contributed by atoms with Gasteiger partial charge >= 0.3 is 5.97 Å². The molecule has 18 heavy (non-hydrogen) atoms. The van der Waals surface area contributed by atoms with Crippen molar-refractivity contribution in [2.75, 3.05) is 0 Å². The van der Waals surface area contributed by atoms with Crippen LogP contribution in [0.2, 0.25) is 0 Å². The van der Waals surface area contributed by atoms with Crippen molar-refractivity contribution in [2.45, 2.75) is 38.7 Å². The molecule has 0 aromatic heterocycles. The SMILES string of the molecule is C/C(=C\Cl)C/C=C/C=C/CC[C@H]1CC=CC(=O)O1. The minimum atomic E-state index is -0.224. The first-order valence-electron chi connectivity index (χ1n) is 6.17. The molecule has 0 aromatic rings. The van der Waals surface area contributed by atoms with E-state index in [-0.39, 0.29) is 12.1 Å². The number of hydrogen-bond acceptors (Lipinski definition) is 2. The van der Waals surface area contributed by atoms with Gasteiger partial charge in [0.15, 0.2) is 0 Å². The molecule has 1 aliphatic heterocycles. The quantitative estimate of drug-likeness (QED) is 0.530. The molecule has 98 valence electrons. The Balaban J connectivity index is 2.14. The normalized spacial score (nSPS) is 20.9. The summed E-state index contributed by atoms with van der Waals surface area (Å²) in [5, 5.41) is 0. The Bertz CT molecular complexity index is 378. The highest BCUT2D eigenvalue weighted by molar-refractivity contribution is 6.25. The second-order valence-corrected chi connectivity index (χ2v) is 4.51. The highest BCUT2D eigenvalue weighted by Crippen LogP contribution is 2.13.